The van der Waals surface area contributed by atoms with Crippen LogP contribution in [0.25, 0.3) is 11.3 Å². The number of nitrogens with one attached hydrogen (secondary N) is 1. The molecule has 1 amide bonds. The molecule has 3 rings (SSSR count). The van der Waals surface area contributed by atoms with E-state index < -0.39 is 12.3 Å². The number of carbonyl (C=O) groups excluding carboxylic acids is 1. The first-order valence-corrected chi connectivity index (χ1v) is 9.41. The van der Waals surface area contributed by atoms with Crippen LogP contribution in [0.2, 0.25) is 0 Å². The number of thiazole rings is 1. The number of amides is 1. The number of hydrogen-bond acceptors (Lipinski definition) is 4. The maximum atomic E-state index is 13.3. The Morgan fingerprint density at radius 3 is 2.70 bits per heavy atom. The van der Waals surface area contributed by atoms with Gasteiger partial charge in [-0.25, -0.2) is 13.8 Å². The highest BCUT2D eigenvalue weighted by Gasteiger charge is 2.24. The number of benzene rings is 1. The molecule has 0 saturated carbocycles. The van der Waals surface area contributed by atoms with Crippen molar-refractivity contribution in [1.82, 2.24) is 14.8 Å². The fraction of sp³-hybridized carbons (Fsp3) is 0.316. The first-order chi connectivity index (χ1) is 12.8. The van der Waals surface area contributed by atoms with Crippen LogP contribution in [-0.4, -0.2) is 20.7 Å². The minimum Gasteiger partial charge on any atom is -0.296 e. The summed E-state index contributed by atoms with van der Waals surface area (Å²) in [5.41, 5.74) is 2.12. The maximum absolute atomic E-state index is 13.3. The van der Waals surface area contributed by atoms with Crippen molar-refractivity contribution in [1.29, 1.82) is 0 Å². The topological polar surface area (TPSA) is 59.8 Å². The van der Waals surface area contributed by atoms with Gasteiger partial charge in [-0.2, -0.15) is 5.10 Å². The average Bonchev–Trinajstić information content (AvgIpc) is 3.22. The number of hydrogen-bond donors (Lipinski definition) is 1. The molecule has 0 atom stereocenters. The highest BCUT2D eigenvalue weighted by molar-refractivity contribution is 7.14. The minimum atomic E-state index is -2.77. The van der Waals surface area contributed by atoms with Crippen molar-refractivity contribution in [2.45, 2.75) is 33.7 Å². The molecule has 2 heterocycles. The molecule has 0 unspecified atom stereocenters. The second-order valence-electron chi connectivity index (χ2n) is 6.66. The average molecular weight is 390 g/mol. The monoisotopic (exact) mass is 390 g/mol. The molecular weight excluding hydrogens is 370 g/mol. The van der Waals surface area contributed by atoms with Gasteiger partial charge in [0.05, 0.1) is 11.3 Å². The van der Waals surface area contributed by atoms with Crippen LogP contribution in [0.4, 0.5) is 13.9 Å². The Balaban J connectivity index is 1.82. The van der Waals surface area contributed by atoms with Crippen molar-refractivity contribution in [3.05, 3.63) is 52.7 Å². The Morgan fingerprint density at radius 2 is 2.04 bits per heavy atom. The van der Waals surface area contributed by atoms with E-state index in [9.17, 15) is 13.6 Å². The van der Waals surface area contributed by atoms with Gasteiger partial charge in [-0.15, -0.1) is 11.3 Å². The van der Waals surface area contributed by atoms with E-state index in [1.54, 1.807) is 0 Å². The van der Waals surface area contributed by atoms with Crippen molar-refractivity contribution in [2.24, 2.45) is 5.92 Å². The number of aromatic nitrogens is 3. The molecule has 0 aliphatic rings. The lowest BCUT2D eigenvalue weighted by Crippen LogP contribution is -2.15. The van der Waals surface area contributed by atoms with Crippen LogP contribution in [0.5, 0.6) is 0 Å². The van der Waals surface area contributed by atoms with Gasteiger partial charge in [-0.1, -0.05) is 38.1 Å². The summed E-state index contributed by atoms with van der Waals surface area (Å²) >= 11 is 1.24. The smallest absolute Gasteiger partial charge is 0.278 e. The molecule has 0 spiro atoms. The minimum absolute atomic E-state index is 0.224. The molecule has 142 valence electrons. The first kappa shape index (κ1) is 19.2. The number of aryl methyl sites for hydroxylation is 1. The van der Waals surface area contributed by atoms with Crippen LogP contribution >= 0.6 is 11.3 Å². The lowest BCUT2D eigenvalue weighted by molar-refractivity contribution is 0.100. The Kier molecular flexibility index (Phi) is 5.65. The summed E-state index contributed by atoms with van der Waals surface area (Å²) in [6.45, 7) is 6.34. The Morgan fingerprint density at radius 1 is 1.30 bits per heavy atom. The van der Waals surface area contributed by atoms with Gasteiger partial charge in [-0.05, 0) is 18.4 Å². The molecular formula is C19H20F2N4OS. The van der Waals surface area contributed by atoms with Crippen molar-refractivity contribution >= 4 is 22.4 Å². The Bertz CT molecular complexity index is 949. The van der Waals surface area contributed by atoms with Crippen LogP contribution in [0.3, 0.4) is 0 Å². The molecule has 0 aliphatic carbocycles. The molecule has 0 aliphatic heterocycles. The molecule has 1 N–H and O–H groups in total. The van der Waals surface area contributed by atoms with Crippen LogP contribution in [-0.2, 0) is 6.54 Å². The normalized spacial score (nSPS) is 11.4. The van der Waals surface area contributed by atoms with Gasteiger partial charge in [0, 0.05) is 23.7 Å². The van der Waals surface area contributed by atoms with Gasteiger partial charge >= 0.3 is 0 Å². The van der Waals surface area contributed by atoms with E-state index in [0.717, 1.165) is 16.8 Å². The number of carbonyl (C=O) groups is 1. The summed E-state index contributed by atoms with van der Waals surface area (Å²) in [5.74, 6) is -0.458. The molecule has 0 fully saturated rings. The second kappa shape index (κ2) is 7.96. The lowest BCUT2D eigenvalue weighted by Gasteiger charge is -2.04. The Labute approximate surface area is 160 Å². The van der Waals surface area contributed by atoms with Crippen molar-refractivity contribution < 1.29 is 13.6 Å². The third kappa shape index (κ3) is 4.39. The van der Waals surface area contributed by atoms with Crippen LogP contribution < -0.4 is 5.32 Å². The van der Waals surface area contributed by atoms with Gasteiger partial charge in [0.25, 0.3) is 12.3 Å². The predicted octanol–water partition coefficient (Wildman–Crippen LogP) is 5.16. The van der Waals surface area contributed by atoms with Crippen LogP contribution in [0.1, 0.15) is 41.9 Å². The molecule has 5 nitrogen and oxygen atoms in total. The SMILES string of the molecule is Cc1ccccc1-c1csc(NC(=O)c2nn(CC(C)C)cc2C(F)F)n1. The van der Waals surface area contributed by atoms with Gasteiger partial charge in [0.15, 0.2) is 10.8 Å². The molecule has 1 aromatic carbocycles. The van der Waals surface area contributed by atoms with E-state index in [-0.39, 0.29) is 17.2 Å². The summed E-state index contributed by atoms with van der Waals surface area (Å²) < 4.78 is 28.0. The molecule has 0 saturated heterocycles. The predicted molar refractivity (Wildman–Crippen MR) is 102 cm³/mol. The number of alkyl halides is 2. The maximum Gasteiger partial charge on any atom is 0.278 e. The number of rotatable bonds is 6. The molecule has 27 heavy (non-hydrogen) atoms. The van der Waals surface area contributed by atoms with Gasteiger partial charge in [0.2, 0.25) is 0 Å². The lowest BCUT2D eigenvalue weighted by atomic mass is 10.1. The summed E-state index contributed by atoms with van der Waals surface area (Å²) in [6.07, 6.45) is -1.54. The number of nitrogens with zero attached hydrogens (tertiary/aromatic N) is 3. The van der Waals surface area contributed by atoms with E-state index in [1.165, 1.54) is 22.2 Å². The summed E-state index contributed by atoms with van der Waals surface area (Å²) in [6, 6.07) is 7.77. The number of halogens is 2. The van der Waals surface area contributed by atoms with Gasteiger partial charge < -0.3 is 0 Å². The van der Waals surface area contributed by atoms with E-state index >= 15 is 0 Å². The number of anilines is 1. The van der Waals surface area contributed by atoms with Gasteiger partial charge in [0.1, 0.15) is 0 Å². The van der Waals surface area contributed by atoms with Crippen molar-refractivity contribution in [2.75, 3.05) is 5.32 Å². The van der Waals surface area contributed by atoms with E-state index in [1.807, 2.05) is 50.4 Å². The van der Waals surface area contributed by atoms with Crippen LogP contribution in [0.15, 0.2) is 35.8 Å². The summed E-state index contributed by atoms with van der Waals surface area (Å²) in [7, 11) is 0. The van der Waals surface area contributed by atoms with Gasteiger partial charge in [-0.3, -0.25) is 14.8 Å². The highest BCUT2D eigenvalue weighted by atomic mass is 32.1. The third-order valence-electron chi connectivity index (χ3n) is 3.94. The molecule has 0 radical (unpaired) electrons. The van der Waals surface area contributed by atoms with Crippen molar-refractivity contribution in [3.63, 3.8) is 0 Å². The molecule has 0 bridgehead atoms. The summed E-state index contributed by atoms with van der Waals surface area (Å²) in [5, 5.41) is 8.80. The first-order valence-electron chi connectivity index (χ1n) is 8.53. The standard InChI is InChI=1S/C19H20F2N4OS/c1-11(2)8-25-9-14(17(20)21)16(24-25)18(26)23-19-22-15(10-27-19)13-7-5-4-6-12(13)3/h4-7,9-11,17H,8H2,1-3H3,(H,22,23,26). The molecule has 8 heteroatoms. The zero-order valence-corrected chi connectivity index (χ0v) is 16.1. The second-order valence-corrected chi connectivity index (χ2v) is 7.51. The van der Waals surface area contributed by atoms with Crippen LogP contribution in [0, 0.1) is 12.8 Å². The molecule has 3 aromatic rings. The zero-order chi connectivity index (χ0) is 19.6. The third-order valence-corrected chi connectivity index (χ3v) is 4.70. The van der Waals surface area contributed by atoms with Crippen molar-refractivity contribution in [3.8, 4) is 11.3 Å². The largest absolute Gasteiger partial charge is 0.296 e. The summed E-state index contributed by atoms with van der Waals surface area (Å²) in [4.78, 5) is 16.9. The van der Waals surface area contributed by atoms with E-state index in [2.05, 4.69) is 15.4 Å². The zero-order valence-electron chi connectivity index (χ0n) is 15.2. The fourth-order valence-corrected chi connectivity index (χ4v) is 3.42. The van der Waals surface area contributed by atoms with E-state index in [4.69, 9.17) is 0 Å². The highest BCUT2D eigenvalue weighted by Crippen LogP contribution is 2.28. The fourth-order valence-electron chi connectivity index (χ4n) is 2.71. The quantitative estimate of drug-likeness (QED) is 0.632. The molecule has 2 aromatic heterocycles. The Hall–Kier alpha value is -2.61. The van der Waals surface area contributed by atoms with E-state index in [0.29, 0.717) is 11.7 Å².